The highest BCUT2D eigenvalue weighted by molar-refractivity contribution is 7.10. The van der Waals surface area contributed by atoms with Crippen LogP contribution in [0.15, 0.2) is 65.7 Å². The molecule has 160 valence electrons. The van der Waals surface area contributed by atoms with Gasteiger partial charge in [0.25, 0.3) is 11.8 Å². The molecule has 0 bridgehead atoms. The smallest absolute Gasteiger partial charge is 0.268 e. The van der Waals surface area contributed by atoms with E-state index >= 15 is 0 Å². The van der Waals surface area contributed by atoms with Gasteiger partial charge < -0.3 is 15.4 Å². The van der Waals surface area contributed by atoms with Gasteiger partial charge in [0.15, 0.2) is 0 Å². The minimum Gasteiger partial charge on any atom is -0.497 e. The zero-order valence-electron chi connectivity index (χ0n) is 18.1. The zero-order chi connectivity index (χ0) is 22.4. The summed E-state index contributed by atoms with van der Waals surface area (Å²) in [4.78, 5) is 26.7. The number of ether oxygens (including phenoxy) is 1. The molecule has 6 heteroatoms. The third kappa shape index (κ3) is 5.83. The molecule has 2 amide bonds. The Balaban J connectivity index is 1.80. The molecule has 3 rings (SSSR count). The van der Waals surface area contributed by atoms with Gasteiger partial charge >= 0.3 is 0 Å². The first-order chi connectivity index (χ1) is 14.9. The van der Waals surface area contributed by atoms with Gasteiger partial charge in [0, 0.05) is 10.4 Å². The number of carbonyl (C=O) groups is 2. The third-order valence-electron chi connectivity index (χ3n) is 5.05. The molecule has 2 N–H and O–H groups in total. The molecule has 2 aromatic carbocycles. The Labute approximate surface area is 186 Å². The molecule has 0 unspecified atom stereocenters. The third-order valence-corrected chi connectivity index (χ3v) is 5.87. The Morgan fingerprint density at radius 3 is 2.39 bits per heavy atom. The number of amides is 2. The van der Waals surface area contributed by atoms with Crippen LogP contribution >= 0.6 is 11.3 Å². The summed E-state index contributed by atoms with van der Waals surface area (Å²) in [5, 5.41) is 7.68. The standard InChI is InChI=1S/C25H26N2O3S/c1-16-7-8-20(14-17(16)2)18(3)26-25(29)23(15-22-6-5-13-31-22)27-24(28)19-9-11-21(30-4)12-10-19/h5-15,18H,1-4H3,(H,26,29)(H,27,28)/b23-15-/t18-/m0/s1. The van der Waals surface area contributed by atoms with E-state index < -0.39 is 0 Å². The van der Waals surface area contributed by atoms with Gasteiger partial charge in [0.2, 0.25) is 0 Å². The molecule has 1 heterocycles. The first-order valence-corrected chi connectivity index (χ1v) is 10.8. The van der Waals surface area contributed by atoms with Crippen LogP contribution in [0.4, 0.5) is 0 Å². The summed E-state index contributed by atoms with van der Waals surface area (Å²) in [5.41, 5.74) is 4.01. The first kappa shape index (κ1) is 22.3. The molecule has 0 spiro atoms. The van der Waals surface area contributed by atoms with Crippen LogP contribution in [0, 0.1) is 13.8 Å². The van der Waals surface area contributed by atoms with Gasteiger partial charge in [-0.1, -0.05) is 24.3 Å². The van der Waals surface area contributed by atoms with E-state index in [2.05, 4.69) is 23.6 Å². The lowest BCUT2D eigenvalue weighted by molar-refractivity contribution is -0.118. The number of carbonyl (C=O) groups excluding carboxylic acids is 2. The van der Waals surface area contributed by atoms with Crippen molar-refractivity contribution in [1.82, 2.24) is 10.6 Å². The van der Waals surface area contributed by atoms with Crippen molar-refractivity contribution < 1.29 is 14.3 Å². The van der Waals surface area contributed by atoms with E-state index in [9.17, 15) is 9.59 Å². The first-order valence-electron chi connectivity index (χ1n) is 9.96. The average molecular weight is 435 g/mol. The monoisotopic (exact) mass is 434 g/mol. The molecule has 1 atom stereocenters. The molecule has 0 aliphatic carbocycles. The van der Waals surface area contributed by atoms with Crippen molar-refractivity contribution in [3.63, 3.8) is 0 Å². The Hall–Kier alpha value is -3.38. The molecule has 3 aromatic rings. The Kier molecular flexibility index (Phi) is 7.26. The number of rotatable bonds is 7. The van der Waals surface area contributed by atoms with Crippen LogP contribution in [0.25, 0.3) is 6.08 Å². The van der Waals surface area contributed by atoms with Gasteiger partial charge in [0.05, 0.1) is 13.2 Å². The number of thiophene rings is 1. The van der Waals surface area contributed by atoms with Crippen molar-refractivity contribution in [3.05, 3.63) is 92.8 Å². The number of hydrogen-bond acceptors (Lipinski definition) is 4. The topological polar surface area (TPSA) is 67.4 Å². The van der Waals surface area contributed by atoms with Gasteiger partial charge in [-0.05, 0) is 79.2 Å². The minimum absolute atomic E-state index is 0.193. The molecule has 1 aromatic heterocycles. The minimum atomic E-state index is -0.362. The van der Waals surface area contributed by atoms with E-state index in [1.165, 1.54) is 22.5 Å². The highest BCUT2D eigenvalue weighted by Crippen LogP contribution is 2.19. The number of aryl methyl sites for hydroxylation is 2. The van der Waals surface area contributed by atoms with Crippen molar-refractivity contribution >= 4 is 29.2 Å². The van der Waals surface area contributed by atoms with E-state index in [0.29, 0.717) is 11.3 Å². The Morgan fingerprint density at radius 1 is 1.03 bits per heavy atom. The molecule has 0 saturated heterocycles. The van der Waals surface area contributed by atoms with Crippen molar-refractivity contribution in [1.29, 1.82) is 0 Å². The summed E-state index contributed by atoms with van der Waals surface area (Å²) in [7, 11) is 1.57. The number of hydrogen-bond donors (Lipinski definition) is 2. The SMILES string of the molecule is COc1ccc(C(=O)N/C(=C\c2cccs2)C(=O)N[C@@H](C)c2ccc(C)c(C)c2)cc1. The number of benzene rings is 2. The van der Waals surface area contributed by atoms with Gasteiger partial charge in [0.1, 0.15) is 11.4 Å². The van der Waals surface area contributed by atoms with Gasteiger partial charge in [-0.25, -0.2) is 0 Å². The van der Waals surface area contributed by atoms with E-state index in [1.807, 2.05) is 43.5 Å². The van der Waals surface area contributed by atoms with Crippen LogP contribution in [0.2, 0.25) is 0 Å². The molecule has 0 radical (unpaired) electrons. The van der Waals surface area contributed by atoms with E-state index in [0.717, 1.165) is 10.4 Å². The number of nitrogens with one attached hydrogen (secondary N) is 2. The second kappa shape index (κ2) is 10.1. The van der Waals surface area contributed by atoms with Crippen LogP contribution in [-0.2, 0) is 4.79 Å². The zero-order valence-corrected chi connectivity index (χ0v) is 18.9. The maximum absolute atomic E-state index is 13.1. The van der Waals surface area contributed by atoms with Gasteiger partial charge in [-0.3, -0.25) is 9.59 Å². The fourth-order valence-electron chi connectivity index (χ4n) is 3.00. The molecule has 0 saturated carbocycles. The van der Waals surface area contributed by atoms with Crippen LogP contribution in [-0.4, -0.2) is 18.9 Å². The highest BCUT2D eigenvalue weighted by atomic mass is 32.1. The molecule has 31 heavy (non-hydrogen) atoms. The summed E-state index contributed by atoms with van der Waals surface area (Å²) in [6.07, 6.45) is 1.69. The van der Waals surface area contributed by atoms with Crippen LogP contribution in [0.3, 0.4) is 0 Å². The lowest BCUT2D eigenvalue weighted by atomic mass is 10.0. The fraction of sp³-hybridized carbons (Fsp3) is 0.200. The van der Waals surface area contributed by atoms with Gasteiger partial charge in [-0.2, -0.15) is 0 Å². The van der Waals surface area contributed by atoms with Crippen molar-refractivity contribution in [2.24, 2.45) is 0 Å². The van der Waals surface area contributed by atoms with E-state index in [-0.39, 0.29) is 23.6 Å². The highest BCUT2D eigenvalue weighted by Gasteiger charge is 2.18. The summed E-state index contributed by atoms with van der Waals surface area (Å²) in [6.45, 7) is 6.03. The Morgan fingerprint density at radius 2 is 1.77 bits per heavy atom. The summed E-state index contributed by atoms with van der Waals surface area (Å²) in [5.74, 6) is -0.0497. The summed E-state index contributed by atoms with van der Waals surface area (Å²) < 4.78 is 5.13. The predicted molar refractivity (Wildman–Crippen MR) is 125 cm³/mol. The van der Waals surface area contributed by atoms with Crippen molar-refractivity contribution in [2.75, 3.05) is 7.11 Å². The largest absolute Gasteiger partial charge is 0.497 e. The lowest BCUT2D eigenvalue weighted by Crippen LogP contribution is -2.36. The van der Waals surface area contributed by atoms with Crippen LogP contribution in [0.1, 0.15) is 44.9 Å². The van der Waals surface area contributed by atoms with Crippen molar-refractivity contribution in [2.45, 2.75) is 26.8 Å². The fourth-order valence-corrected chi connectivity index (χ4v) is 3.66. The van der Waals surface area contributed by atoms with Crippen LogP contribution in [0.5, 0.6) is 5.75 Å². The Bertz CT molecular complexity index is 1090. The molecule has 0 aliphatic rings. The second-order valence-electron chi connectivity index (χ2n) is 7.29. The van der Waals surface area contributed by atoms with Crippen LogP contribution < -0.4 is 15.4 Å². The molecular formula is C25H26N2O3S. The average Bonchev–Trinajstić information content (AvgIpc) is 3.28. The predicted octanol–water partition coefficient (Wildman–Crippen LogP) is 5.02. The number of methoxy groups -OCH3 is 1. The normalized spacial score (nSPS) is 12.2. The van der Waals surface area contributed by atoms with E-state index in [4.69, 9.17) is 4.74 Å². The van der Waals surface area contributed by atoms with E-state index in [1.54, 1.807) is 37.5 Å². The molecule has 0 aliphatic heterocycles. The quantitative estimate of drug-likeness (QED) is 0.513. The molecule has 0 fully saturated rings. The molecular weight excluding hydrogens is 408 g/mol. The molecule has 5 nitrogen and oxygen atoms in total. The van der Waals surface area contributed by atoms with Gasteiger partial charge in [-0.15, -0.1) is 11.3 Å². The van der Waals surface area contributed by atoms with Crippen molar-refractivity contribution in [3.8, 4) is 5.75 Å². The maximum Gasteiger partial charge on any atom is 0.268 e. The summed E-state index contributed by atoms with van der Waals surface area (Å²) in [6, 6.07) is 16.4. The second-order valence-corrected chi connectivity index (χ2v) is 8.27. The summed E-state index contributed by atoms with van der Waals surface area (Å²) >= 11 is 1.49. The maximum atomic E-state index is 13.1. The lowest BCUT2D eigenvalue weighted by Gasteiger charge is -2.17.